The van der Waals surface area contributed by atoms with Gasteiger partial charge in [-0.2, -0.15) is 0 Å². The molecule has 6 heteroatoms. The topological polar surface area (TPSA) is 65.1 Å². The minimum Gasteiger partial charge on any atom is -0.464 e. The number of ether oxygens (including phenoxy) is 3. The van der Waals surface area contributed by atoms with E-state index in [4.69, 9.17) is 14.2 Å². The first kappa shape index (κ1) is 21.7. The molecule has 0 N–H and O–H groups in total. The molecular formula is C17H33NO5. The van der Waals surface area contributed by atoms with E-state index in [0.29, 0.717) is 13.0 Å². The molecule has 1 atom stereocenters. The zero-order chi connectivity index (χ0) is 18.3. The molecule has 136 valence electrons. The van der Waals surface area contributed by atoms with Gasteiger partial charge in [-0.25, -0.2) is 9.59 Å². The second-order valence-electron chi connectivity index (χ2n) is 7.34. The van der Waals surface area contributed by atoms with E-state index in [1.54, 1.807) is 27.7 Å². The van der Waals surface area contributed by atoms with Crippen LogP contribution in [0.15, 0.2) is 0 Å². The zero-order valence-electron chi connectivity index (χ0n) is 15.9. The summed E-state index contributed by atoms with van der Waals surface area (Å²) in [5.74, 6) is -0.210. The molecule has 0 saturated carbocycles. The summed E-state index contributed by atoms with van der Waals surface area (Å²) in [6, 6.07) is 0. The van der Waals surface area contributed by atoms with E-state index >= 15 is 0 Å². The molecule has 0 heterocycles. The molecule has 6 nitrogen and oxygen atoms in total. The Morgan fingerprint density at radius 1 is 1.13 bits per heavy atom. The van der Waals surface area contributed by atoms with Gasteiger partial charge in [0.05, 0.1) is 6.61 Å². The summed E-state index contributed by atoms with van der Waals surface area (Å²) in [7, 11) is 1.48. The van der Waals surface area contributed by atoms with Crippen molar-refractivity contribution in [1.82, 2.24) is 4.90 Å². The molecule has 0 fully saturated rings. The Morgan fingerprint density at radius 3 is 2.09 bits per heavy atom. The Hall–Kier alpha value is -1.30. The first-order chi connectivity index (χ1) is 10.5. The van der Waals surface area contributed by atoms with Crippen LogP contribution in [0.4, 0.5) is 4.79 Å². The van der Waals surface area contributed by atoms with Crippen LogP contribution in [0.5, 0.6) is 0 Å². The van der Waals surface area contributed by atoms with Gasteiger partial charge in [0.15, 0.2) is 0 Å². The minimum absolute atomic E-state index is 0.0395. The third-order valence-electron chi connectivity index (χ3n) is 3.19. The van der Waals surface area contributed by atoms with Crippen molar-refractivity contribution >= 4 is 12.1 Å². The van der Waals surface area contributed by atoms with Gasteiger partial charge in [-0.15, -0.1) is 0 Å². The number of rotatable bonds is 8. The van der Waals surface area contributed by atoms with Crippen LogP contribution in [-0.2, 0) is 19.0 Å². The average Bonchev–Trinajstić information content (AvgIpc) is 2.39. The maximum atomic E-state index is 12.6. The van der Waals surface area contributed by atoms with Crippen LogP contribution in [0.1, 0.15) is 61.3 Å². The highest BCUT2D eigenvalue weighted by molar-refractivity contribution is 5.85. The van der Waals surface area contributed by atoms with Crippen molar-refractivity contribution in [3.05, 3.63) is 0 Å². The number of esters is 1. The van der Waals surface area contributed by atoms with E-state index in [-0.39, 0.29) is 12.6 Å². The van der Waals surface area contributed by atoms with Crippen molar-refractivity contribution in [2.24, 2.45) is 5.92 Å². The number of nitrogens with zero attached hydrogens (tertiary/aromatic N) is 1. The Morgan fingerprint density at radius 2 is 1.70 bits per heavy atom. The number of hydrogen-bond acceptors (Lipinski definition) is 5. The molecule has 0 bridgehead atoms. The van der Waals surface area contributed by atoms with E-state index in [0.717, 1.165) is 6.42 Å². The SMILES string of the molecule is CCC[C@@](C)(C(=O)OCC(C)C)N(COC)C(=O)OC(C)(C)C. The van der Waals surface area contributed by atoms with Crippen molar-refractivity contribution < 1.29 is 23.8 Å². The number of amides is 1. The molecule has 23 heavy (non-hydrogen) atoms. The Labute approximate surface area is 140 Å². The molecule has 0 aromatic heterocycles. The van der Waals surface area contributed by atoms with E-state index in [9.17, 15) is 9.59 Å². The van der Waals surface area contributed by atoms with Gasteiger partial charge in [0.25, 0.3) is 0 Å². The lowest BCUT2D eigenvalue weighted by molar-refractivity contribution is -0.162. The van der Waals surface area contributed by atoms with Crippen LogP contribution in [0.3, 0.4) is 0 Å². The van der Waals surface area contributed by atoms with Gasteiger partial charge < -0.3 is 14.2 Å². The predicted molar refractivity (Wildman–Crippen MR) is 89.1 cm³/mol. The molecule has 0 saturated heterocycles. The van der Waals surface area contributed by atoms with Gasteiger partial charge in [0.1, 0.15) is 17.9 Å². The summed E-state index contributed by atoms with van der Waals surface area (Å²) in [6.45, 7) is 13.2. The third-order valence-corrected chi connectivity index (χ3v) is 3.19. The van der Waals surface area contributed by atoms with E-state index < -0.39 is 23.2 Å². The molecule has 0 spiro atoms. The molecule has 0 radical (unpaired) electrons. The Bertz CT molecular complexity index is 389. The fraction of sp³-hybridized carbons (Fsp3) is 0.882. The monoisotopic (exact) mass is 331 g/mol. The molecule has 0 aliphatic rings. The van der Waals surface area contributed by atoms with Gasteiger partial charge in [-0.05, 0) is 40.0 Å². The van der Waals surface area contributed by atoms with Crippen LogP contribution in [0, 0.1) is 5.92 Å². The van der Waals surface area contributed by atoms with E-state index in [1.165, 1.54) is 12.0 Å². The van der Waals surface area contributed by atoms with Gasteiger partial charge in [0, 0.05) is 7.11 Å². The first-order valence-corrected chi connectivity index (χ1v) is 8.14. The van der Waals surface area contributed by atoms with Crippen LogP contribution in [0.25, 0.3) is 0 Å². The summed E-state index contributed by atoms with van der Waals surface area (Å²) < 4.78 is 15.9. The van der Waals surface area contributed by atoms with Gasteiger partial charge in [0.2, 0.25) is 0 Å². The standard InChI is InChI=1S/C17H33NO5/c1-9-10-17(7,14(19)22-11-13(2)3)18(12-21-8)15(20)23-16(4,5)6/h13H,9-12H2,1-8H3/t17-/m0/s1. The van der Waals surface area contributed by atoms with Crippen molar-refractivity contribution in [3.8, 4) is 0 Å². The summed E-state index contributed by atoms with van der Waals surface area (Å²) in [5, 5.41) is 0. The summed E-state index contributed by atoms with van der Waals surface area (Å²) in [4.78, 5) is 26.5. The first-order valence-electron chi connectivity index (χ1n) is 8.14. The number of carbonyl (C=O) groups is 2. The van der Waals surface area contributed by atoms with Crippen LogP contribution >= 0.6 is 0 Å². The van der Waals surface area contributed by atoms with E-state index in [1.807, 2.05) is 20.8 Å². The maximum absolute atomic E-state index is 12.6. The second-order valence-corrected chi connectivity index (χ2v) is 7.34. The molecule has 0 aromatic rings. The van der Waals surface area contributed by atoms with Crippen LogP contribution in [-0.4, -0.2) is 48.5 Å². The van der Waals surface area contributed by atoms with Gasteiger partial charge >= 0.3 is 12.1 Å². The quantitative estimate of drug-likeness (QED) is 0.502. The van der Waals surface area contributed by atoms with Crippen molar-refractivity contribution in [3.63, 3.8) is 0 Å². The third kappa shape index (κ3) is 7.20. The van der Waals surface area contributed by atoms with E-state index in [2.05, 4.69) is 0 Å². The second kappa shape index (κ2) is 9.11. The lowest BCUT2D eigenvalue weighted by Crippen LogP contribution is -2.57. The zero-order valence-corrected chi connectivity index (χ0v) is 15.9. The van der Waals surface area contributed by atoms with Crippen molar-refractivity contribution in [2.45, 2.75) is 72.4 Å². The molecule has 0 unspecified atom stereocenters. The normalized spacial score (nSPS) is 14.3. The average molecular weight is 331 g/mol. The summed E-state index contributed by atoms with van der Waals surface area (Å²) in [5.41, 5.74) is -1.78. The fourth-order valence-electron chi connectivity index (χ4n) is 2.07. The molecule has 0 rings (SSSR count). The minimum atomic E-state index is -1.12. The highest BCUT2D eigenvalue weighted by Gasteiger charge is 2.44. The maximum Gasteiger partial charge on any atom is 0.413 e. The van der Waals surface area contributed by atoms with Gasteiger partial charge in [-0.3, -0.25) is 4.90 Å². The highest BCUT2D eigenvalue weighted by atomic mass is 16.6. The van der Waals surface area contributed by atoms with Gasteiger partial charge in [-0.1, -0.05) is 27.2 Å². The lowest BCUT2D eigenvalue weighted by atomic mass is 9.94. The smallest absolute Gasteiger partial charge is 0.413 e. The highest BCUT2D eigenvalue weighted by Crippen LogP contribution is 2.26. The Kier molecular flexibility index (Phi) is 8.59. The molecule has 0 aromatic carbocycles. The largest absolute Gasteiger partial charge is 0.464 e. The molecular weight excluding hydrogens is 298 g/mol. The molecule has 0 aliphatic carbocycles. The number of methoxy groups -OCH3 is 1. The summed E-state index contributed by atoms with van der Waals surface area (Å²) >= 11 is 0. The lowest BCUT2D eigenvalue weighted by Gasteiger charge is -2.39. The molecule has 0 aliphatic heterocycles. The molecule has 1 amide bonds. The number of carbonyl (C=O) groups excluding carboxylic acids is 2. The predicted octanol–water partition coefficient (Wildman–Crippen LogP) is 3.59. The number of hydrogen-bond donors (Lipinski definition) is 0. The van der Waals surface area contributed by atoms with Crippen LogP contribution < -0.4 is 0 Å². The Balaban J connectivity index is 5.42. The fourth-order valence-corrected chi connectivity index (χ4v) is 2.07. The summed E-state index contributed by atoms with van der Waals surface area (Å²) in [6.07, 6.45) is 0.597. The van der Waals surface area contributed by atoms with Crippen molar-refractivity contribution in [2.75, 3.05) is 20.4 Å². The van der Waals surface area contributed by atoms with Crippen LogP contribution in [0.2, 0.25) is 0 Å². The van der Waals surface area contributed by atoms with Crippen molar-refractivity contribution in [1.29, 1.82) is 0 Å².